The average molecular weight is 362 g/mol. The Kier molecular flexibility index (Phi) is 5.04. The lowest BCUT2D eigenvalue weighted by atomic mass is 9.94. The Labute approximate surface area is 153 Å². The first kappa shape index (κ1) is 17.8. The largest absolute Gasteiger partial charge is 0.444 e. The summed E-state index contributed by atoms with van der Waals surface area (Å²) in [5, 5.41) is 5.39. The van der Waals surface area contributed by atoms with E-state index >= 15 is 0 Å². The second-order valence-corrected chi connectivity index (χ2v) is 7.84. The number of hydrogen-bond donors (Lipinski definition) is 0. The highest BCUT2D eigenvalue weighted by molar-refractivity contribution is 6.30. The lowest BCUT2D eigenvalue weighted by Crippen LogP contribution is -2.41. The monoisotopic (exact) mass is 361 g/mol. The SMILES string of the molecule is CC(C)(C)OC(=O)N1CCC(c2ccn(-c3cccc(Cl)c3)n2)CC1. The Hall–Kier alpha value is -2.01. The molecule has 0 bridgehead atoms. The fourth-order valence-corrected chi connectivity index (χ4v) is 3.19. The van der Waals surface area contributed by atoms with Gasteiger partial charge in [-0.3, -0.25) is 0 Å². The number of hydrogen-bond acceptors (Lipinski definition) is 3. The van der Waals surface area contributed by atoms with Gasteiger partial charge < -0.3 is 9.64 Å². The summed E-state index contributed by atoms with van der Waals surface area (Å²) in [4.78, 5) is 13.9. The van der Waals surface area contributed by atoms with Crippen molar-refractivity contribution in [2.75, 3.05) is 13.1 Å². The molecule has 1 amide bonds. The van der Waals surface area contributed by atoms with Crippen molar-refractivity contribution in [1.29, 1.82) is 0 Å². The van der Waals surface area contributed by atoms with Gasteiger partial charge in [-0.25, -0.2) is 9.48 Å². The molecule has 1 aromatic carbocycles. The van der Waals surface area contributed by atoms with Crippen LogP contribution in [0.25, 0.3) is 5.69 Å². The summed E-state index contributed by atoms with van der Waals surface area (Å²) in [5.74, 6) is 0.360. The number of carbonyl (C=O) groups is 1. The summed E-state index contributed by atoms with van der Waals surface area (Å²) in [7, 11) is 0. The molecule has 134 valence electrons. The fourth-order valence-electron chi connectivity index (χ4n) is 3.00. The van der Waals surface area contributed by atoms with Gasteiger partial charge in [0, 0.05) is 30.2 Å². The molecule has 0 saturated carbocycles. The van der Waals surface area contributed by atoms with E-state index in [2.05, 4.69) is 6.07 Å². The number of amides is 1. The zero-order chi connectivity index (χ0) is 18.0. The van der Waals surface area contributed by atoms with Crippen LogP contribution in [-0.4, -0.2) is 39.5 Å². The molecule has 1 fully saturated rings. The predicted molar refractivity (Wildman–Crippen MR) is 98.4 cm³/mol. The number of rotatable bonds is 2. The molecule has 3 rings (SSSR count). The molecular formula is C19H24ClN3O2. The van der Waals surface area contributed by atoms with Crippen molar-refractivity contribution in [3.05, 3.63) is 47.2 Å². The molecule has 2 aromatic rings. The molecule has 1 aliphatic heterocycles. The van der Waals surface area contributed by atoms with Crippen LogP contribution in [0.4, 0.5) is 4.79 Å². The van der Waals surface area contributed by atoms with Gasteiger partial charge in [-0.05, 0) is 57.9 Å². The molecule has 0 spiro atoms. The number of likely N-dealkylation sites (tertiary alicyclic amines) is 1. The predicted octanol–water partition coefficient (Wildman–Crippen LogP) is 4.64. The van der Waals surface area contributed by atoms with Gasteiger partial charge in [0.15, 0.2) is 0 Å². The maximum absolute atomic E-state index is 12.1. The molecule has 5 nitrogen and oxygen atoms in total. The van der Waals surface area contributed by atoms with Crippen molar-refractivity contribution < 1.29 is 9.53 Å². The molecule has 0 unspecified atom stereocenters. The van der Waals surface area contributed by atoms with Crippen LogP contribution in [0.15, 0.2) is 36.5 Å². The van der Waals surface area contributed by atoms with Gasteiger partial charge >= 0.3 is 6.09 Å². The normalized spacial score (nSPS) is 16.1. The number of halogens is 1. The van der Waals surface area contributed by atoms with Crippen molar-refractivity contribution >= 4 is 17.7 Å². The molecular weight excluding hydrogens is 338 g/mol. The van der Waals surface area contributed by atoms with E-state index in [1.165, 1.54) is 0 Å². The Morgan fingerprint density at radius 2 is 1.96 bits per heavy atom. The van der Waals surface area contributed by atoms with Crippen molar-refractivity contribution in [2.24, 2.45) is 0 Å². The lowest BCUT2D eigenvalue weighted by molar-refractivity contribution is 0.0204. The van der Waals surface area contributed by atoms with Crippen LogP contribution in [0, 0.1) is 0 Å². The van der Waals surface area contributed by atoms with Gasteiger partial charge in [0.05, 0.1) is 11.4 Å². The van der Waals surface area contributed by atoms with Crippen molar-refractivity contribution in [1.82, 2.24) is 14.7 Å². The summed E-state index contributed by atoms with van der Waals surface area (Å²) < 4.78 is 7.29. The second-order valence-electron chi connectivity index (χ2n) is 7.41. The Balaban J connectivity index is 1.61. The first-order valence-electron chi connectivity index (χ1n) is 8.61. The Morgan fingerprint density at radius 1 is 1.24 bits per heavy atom. The number of carbonyl (C=O) groups excluding carboxylic acids is 1. The molecule has 25 heavy (non-hydrogen) atoms. The highest BCUT2D eigenvalue weighted by Crippen LogP contribution is 2.28. The van der Waals surface area contributed by atoms with Crippen LogP contribution < -0.4 is 0 Å². The number of aromatic nitrogens is 2. The molecule has 1 saturated heterocycles. The minimum atomic E-state index is -0.455. The maximum Gasteiger partial charge on any atom is 0.410 e. The zero-order valence-electron chi connectivity index (χ0n) is 14.9. The summed E-state index contributed by atoms with van der Waals surface area (Å²) in [6.45, 7) is 7.06. The summed E-state index contributed by atoms with van der Waals surface area (Å²) >= 11 is 6.05. The first-order chi connectivity index (χ1) is 11.8. The van der Waals surface area contributed by atoms with Gasteiger partial charge in [-0.15, -0.1) is 0 Å². The Morgan fingerprint density at radius 3 is 2.60 bits per heavy atom. The summed E-state index contributed by atoms with van der Waals surface area (Å²) in [5.41, 5.74) is 1.55. The van der Waals surface area contributed by atoms with E-state index < -0.39 is 5.60 Å². The van der Waals surface area contributed by atoms with E-state index in [1.54, 1.807) is 4.90 Å². The molecule has 2 heterocycles. The van der Waals surface area contributed by atoms with Gasteiger partial charge in [0.1, 0.15) is 5.60 Å². The lowest BCUT2D eigenvalue weighted by Gasteiger charge is -2.32. The summed E-state index contributed by atoms with van der Waals surface area (Å²) in [6, 6.07) is 9.69. The van der Waals surface area contributed by atoms with Gasteiger partial charge in [-0.2, -0.15) is 5.10 Å². The van der Waals surface area contributed by atoms with E-state index in [1.807, 2.05) is 55.9 Å². The molecule has 0 aliphatic carbocycles. The van der Waals surface area contributed by atoms with Crippen molar-refractivity contribution in [3.63, 3.8) is 0 Å². The van der Waals surface area contributed by atoms with E-state index in [-0.39, 0.29) is 6.09 Å². The molecule has 0 radical (unpaired) electrons. The molecule has 1 aliphatic rings. The standard InChI is InChI=1S/C19H24ClN3O2/c1-19(2,3)25-18(24)22-10-7-14(8-11-22)17-9-12-23(21-17)16-6-4-5-15(20)13-16/h4-6,9,12-14H,7-8,10-11H2,1-3H3. The van der Waals surface area contributed by atoms with Crippen LogP contribution in [0.5, 0.6) is 0 Å². The van der Waals surface area contributed by atoms with E-state index in [0.717, 1.165) is 24.2 Å². The smallest absolute Gasteiger partial charge is 0.410 e. The molecule has 1 aromatic heterocycles. The van der Waals surface area contributed by atoms with E-state index in [0.29, 0.717) is 24.0 Å². The number of benzene rings is 1. The fraction of sp³-hybridized carbons (Fsp3) is 0.474. The molecule has 6 heteroatoms. The highest BCUT2D eigenvalue weighted by Gasteiger charge is 2.28. The quantitative estimate of drug-likeness (QED) is 0.782. The van der Waals surface area contributed by atoms with Crippen molar-refractivity contribution in [2.45, 2.75) is 45.1 Å². The minimum Gasteiger partial charge on any atom is -0.444 e. The number of ether oxygens (including phenoxy) is 1. The molecule has 0 atom stereocenters. The second kappa shape index (κ2) is 7.08. The topological polar surface area (TPSA) is 47.4 Å². The van der Waals surface area contributed by atoms with Gasteiger partial charge in [-0.1, -0.05) is 17.7 Å². The van der Waals surface area contributed by atoms with Gasteiger partial charge in [0.2, 0.25) is 0 Å². The third-order valence-corrected chi connectivity index (χ3v) is 4.48. The van der Waals surface area contributed by atoms with Gasteiger partial charge in [0.25, 0.3) is 0 Å². The number of nitrogens with zero attached hydrogens (tertiary/aromatic N) is 3. The van der Waals surface area contributed by atoms with Crippen LogP contribution in [0.2, 0.25) is 5.02 Å². The third-order valence-electron chi connectivity index (χ3n) is 4.25. The minimum absolute atomic E-state index is 0.226. The zero-order valence-corrected chi connectivity index (χ0v) is 15.7. The molecule has 0 N–H and O–H groups in total. The first-order valence-corrected chi connectivity index (χ1v) is 8.99. The third kappa shape index (κ3) is 4.54. The van der Waals surface area contributed by atoms with Crippen LogP contribution in [0.1, 0.15) is 45.2 Å². The highest BCUT2D eigenvalue weighted by atomic mass is 35.5. The van der Waals surface area contributed by atoms with E-state index in [4.69, 9.17) is 21.4 Å². The van der Waals surface area contributed by atoms with E-state index in [9.17, 15) is 4.79 Å². The van der Waals surface area contributed by atoms with Crippen LogP contribution in [-0.2, 0) is 4.74 Å². The van der Waals surface area contributed by atoms with Crippen molar-refractivity contribution in [3.8, 4) is 5.69 Å². The Bertz CT molecular complexity index is 743. The van der Waals surface area contributed by atoms with Crippen LogP contribution in [0.3, 0.4) is 0 Å². The average Bonchev–Trinajstić information content (AvgIpc) is 3.03. The number of piperidine rings is 1. The summed E-state index contributed by atoms with van der Waals surface area (Å²) in [6.07, 6.45) is 3.52. The van der Waals surface area contributed by atoms with Crippen LogP contribution >= 0.6 is 11.6 Å². The maximum atomic E-state index is 12.1.